The maximum Gasteiger partial charge on any atom is 0.227 e. The summed E-state index contributed by atoms with van der Waals surface area (Å²) >= 11 is 3.47. The van der Waals surface area contributed by atoms with E-state index in [0.29, 0.717) is 45.6 Å². The minimum atomic E-state index is 0.443. The summed E-state index contributed by atoms with van der Waals surface area (Å²) in [7, 11) is 6.29. The molecule has 3 rings (SSSR count). The van der Waals surface area contributed by atoms with Gasteiger partial charge >= 0.3 is 0 Å². The van der Waals surface area contributed by atoms with E-state index in [1.54, 1.807) is 40.6 Å². The Hall–Kier alpha value is -2.41. The monoisotopic (exact) mass is 393 g/mol. The van der Waals surface area contributed by atoms with Gasteiger partial charge in [-0.05, 0) is 34.1 Å². The van der Waals surface area contributed by atoms with Crippen LogP contribution in [0.5, 0.6) is 23.0 Å². The largest absolute Gasteiger partial charge is 0.497 e. The van der Waals surface area contributed by atoms with Crippen molar-refractivity contribution < 1.29 is 23.4 Å². The summed E-state index contributed by atoms with van der Waals surface area (Å²) in [5.74, 6) is 2.72. The van der Waals surface area contributed by atoms with Crippen LogP contribution >= 0.6 is 15.9 Å². The van der Waals surface area contributed by atoms with E-state index in [2.05, 4.69) is 20.9 Å². The van der Waals surface area contributed by atoms with Crippen LogP contribution in [0.1, 0.15) is 0 Å². The zero-order chi connectivity index (χ0) is 17.3. The van der Waals surface area contributed by atoms with Crippen molar-refractivity contribution in [1.29, 1.82) is 0 Å². The van der Waals surface area contributed by atoms with Gasteiger partial charge in [0.25, 0.3) is 0 Å². The van der Waals surface area contributed by atoms with Gasteiger partial charge in [0.1, 0.15) is 11.3 Å². The van der Waals surface area contributed by atoms with E-state index in [9.17, 15) is 0 Å². The number of aromatic nitrogens is 1. The Bertz CT molecular complexity index is 865. The van der Waals surface area contributed by atoms with E-state index in [0.717, 1.165) is 4.47 Å². The van der Waals surface area contributed by atoms with Gasteiger partial charge in [-0.2, -0.15) is 0 Å². The smallest absolute Gasteiger partial charge is 0.227 e. The molecule has 0 atom stereocenters. The van der Waals surface area contributed by atoms with E-state index in [1.807, 2.05) is 12.1 Å². The number of rotatable bonds is 5. The summed E-state index contributed by atoms with van der Waals surface area (Å²) in [6, 6.07) is 7.21. The van der Waals surface area contributed by atoms with Crippen molar-refractivity contribution >= 4 is 27.0 Å². The Kier molecular flexibility index (Phi) is 4.53. The first-order chi connectivity index (χ1) is 11.6. The molecule has 0 amide bonds. The van der Waals surface area contributed by atoms with Crippen molar-refractivity contribution in [2.45, 2.75) is 0 Å². The molecule has 0 bridgehead atoms. The molecule has 1 heterocycles. The van der Waals surface area contributed by atoms with Gasteiger partial charge < -0.3 is 23.4 Å². The second-order valence-electron chi connectivity index (χ2n) is 4.89. The SMILES string of the molecule is COc1cc(Br)c2oc(-c3cc(OC)c(OC)c(OC)c3)nc2c1. The Morgan fingerprint density at radius 1 is 0.875 bits per heavy atom. The Morgan fingerprint density at radius 3 is 2.08 bits per heavy atom. The van der Waals surface area contributed by atoms with Crippen molar-refractivity contribution in [3.63, 3.8) is 0 Å². The number of hydrogen-bond acceptors (Lipinski definition) is 6. The van der Waals surface area contributed by atoms with Crippen molar-refractivity contribution in [2.24, 2.45) is 0 Å². The molecule has 0 spiro atoms. The molecular formula is C17H16BrNO5. The molecule has 126 valence electrons. The molecule has 0 saturated carbocycles. The van der Waals surface area contributed by atoms with Crippen LogP contribution in [0.15, 0.2) is 33.2 Å². The molecule has 0 radical (unpaired) electrons. The van der Waals surface area contributed by atoms with Crippen LogP contribution in [0.25, 0.3) is 22.6 Å². The number of ether oxygens (including phenoxy) is 4. The Labute approximate surface area is 147 Å². The van der Waals surface area contributed by atoms with Gasteiger partial charge in [0.05, 0.1) is 32.9 Å². The van der Waals surface area contributed by atoms with Crippen LogP contribution in [-0.2, 0) is 0 Å². The molecule has 0 N–H and O–H groups in total. The average Bonchev–Trinajstić information content (AvgIpc) is 3.04. The fourth-order valence-electron chi connectivity index (χ4n) is 2.41. The van der Waals surface area contributed by atoms with Gasteiger partial charge in [0.15, 0.2) is 17.1 Å². The second-order valence-corrected chi connectivity index (χ2v) is 5.74. The molecule has 1 aromatic heterocycles. The molecule has 0 unspecified atom stereocenters. The number of halogens is 1. The van der Waals surface area contributed by atoms with Crippen molar-refractivity contribution in [3.8, 4) is 34.5 Å². The van der Waals surface area contributed by atoms with Crippen LogP contribution in [0, 0.1) is 0 Å². The first kappa shape index (κ1) is 16.4. The Morgan fingerprint density at radius 2 is 1.54 bits per heavy atom. The molecular weight excluding hydrogens is 378 g/mol. The van der Waals surface area contributed by atoms with Gasteiger partial charge in [-0.25, -0.2) is 4.98 Å². The van der Waals surface area contributed by atoms with Crippen molar-refractivity contribution in [1.82, 2.24) is 4.98 Å². The predicted molar refractivity (Wildman–Crippen MR) is 93.4 cm³/mol. The van der Waals surface area contributed by atoms with Crippen LogP contribution in [0.3, 0.4) is 0 Å². The number of methoxy groups -OCH3 is 4. The van der Waals surface area contributed by atoms with Gasteiger partial charge in [0.2, 0.25) is 11.6 Å². The molecule has 0 aliphatic heterocycles. The molecule has 0 fully saturated rings. The van der Waals surface area contributed by atoms with E-state index in [-0.39, 0.29) is 0 Å². The normalized spacial score (nSPS) is 10.7. The van der Waals surface area contributed by atoms with Crippen LogP contribution < -0.4 is 18.9 Å². The first-order valence-electron chi connectivity index (χ1n) is 7.05. The van der Waals surface area contributed by atoms with Gasteiger partial charge in [-0.15, -0.1) is 0 Å². The third-order valence-electron chi connectivity index (χ3n) is 3.57. The highest BCUT2D eigenvalue weighted by Gasteiger charge is 2.18. The fraction of sp³-hybridized carbons (Fsp3) is 0.235. The highest BCUT2D eigenvalue weighted by molar-refractivity contribution is 9.10. The number of benzene rings is 2. The molecule has 3 aromatic rings. The molecule has 0 aliphatic carbocycles. The summed E-state index contributed by atoms with van der Waals surface area (Å²) in [4.78, 5) is 4.53. The van der Waals surface area contributed by atoms with Crippen molar-refractivity contribution in [2.75, 3.05) is 28.4 Å². The summed E-state index contributed by atoms with van der Waals surface area (Å²) in [6.07, 6.45) is 0. The molecule has 7 heteroatoms. The van der Waals surface area contributed by atoms with Gasteiger partial charge in [0, 0.05) is 11.6 Å². The minimum Gasteiger partial charge on any atom is -0.497 e. The maximum absolute atomic E-state index is 5.89. The van der Waals surface area contributed by atoms with Gasteiger partial charge in [-0.3, -0.25) is 0 Å². The molecule has 0 saturated heterocycles. The predicted octanol–water partition coefficient (Wildman–Crippen LogP) is 4.29. The van der Waals surface area contributed by atoms with E-state index in [4.69, 9.17) is 23.4 Å². The molecule has 24 heavy (non-hydrogen) atoms. The summed E-state index contributed by atoms with van der Waals surface area (Å²) < 4.78 is 28.0. The van der Waals surface area contributed by atoms with E-state index >= 15 is 0 Å². The second kappa shape index (κ2) is 6.60. The molecule has 0 aliphatic rings. The lowest BCUT2D eigenvalue weighted by molar-refractivity contribution is 0.324. The molecule has 2 aromatic carbocycles. The van der Waals surface area contributed by atoms with Crippen LogP contribution in [-0.4, -0.2) is 33.4 Å². The summed E-state index contributed by atoms with van der Waals surface area (Å²) in [5.41, 5.74) is 2.04. The van der Waals surface area contributed by atoms with Crippen LogP contribution in [0.4, 0.5) is 0 Å². The summed E-state index contributed by atoms with van der Waals surface area (Å²) in [6.45, 7) is 0. The van der Waals surface area contributed by atoms with Crippen LogP contribution in [0.2, 0.25) is 0 Å². The highest BCUT2D eigenvalue weighted by Crippen LogP contribution is 2.42. The quantitative estimate of drug-likeness (QED) is 0.643. The topological polar surface area (TPSA) is 63.0 Å². The number of oxazole rings is 1. The zero-order valence-electron chi connectivity index (χ0n) is 13.7. The highest BCUT2D eigenvalue weighted by atomic mass is 79.9. The standard InChI is InChI=1S/C17H16BrNO5/c1-20-10-7-11(18)15-12(8-10)19-17(24-15)9-5-13(21-2)16(23-4)14(6-9)22-3/h5-8H,1-4H3. The Balaban J connectivity index is 2.18. The van der Waals surface area contributed by atoms with Gasteiger partial charge in [-0.1, -0.05) is 0 Å². The lowest BCUT2D eigenvalue weighted by Gasteiger charge is -2.12. The number of hydrogen-bond donors (Lipinski definition) is 0. The number of nitrogens with zero attached hydrogens (tertiary/aromatic N) is 1. The third kappa shape index (κ3) is 2.75. The van der Waals surface area contributed by atoms with E-state index in [1.165, 1.54) is 0 Å². The maximum atomic E-state index is 5.89. The lowest BCUT2D eigenvalue weighted by Crippen LogP contribution is -1.95. The first-order valence-corrected chi connectivity index (χ1v) is 7.85. The minimum absolute atomic E-state index is 0.443. The van der Waals surface area contributed by atoms with Crippen molar-refractivity contribution in [3.05, 3.63) is 28.7 Å². The fourth-order valence-corrected chi connectivity index (χ4v) is 2.92. The lowest BCUT2D eigenvalue weighted by atomic mass is 10.2. The summed E-state index contributed by atoms with van der Waals surface area (Å²) in [5, 5.41) is 0. The number of fused-ring (bicyclic) bond motifs is 1. The zero-order valence-corrected chi connectivity index (χ0v) is 15.3. The average molecular weight is 394 g/mol. The third-order valence-corrected chi connectivity index (χ3v) is 4.15. The molecule has 6 nitrogen and oxygen atoms in total. The van der Waals surface area contributed by atoms with E-state index < -0.39 is 0 Å².